The Kier molecular flexibility index (Phi) is 3.22. The van der Waals surface area contributed by atoms with E-state index in [-0.39, 0.29) is 5.88 Å². The molecule has 2 N–H and O–H groups in total. The van der Waals surface area contributed by atoms with Crippen LogP contribution in [0.4, 0.5) is 5.88 Å². The van der Waals surface area contributed by atoms with Gasteiger partial charge in [-0.2, -0.15) is 0 Å². The SMILES string of the molecule is Nc1onc(-c2cccs2)c1-c1ccc(Cl)cc1Cl. The number of hydrogen-bond acceptors (Lipinski definition) is 4. The molecular weight excluding hydrogens is 303 g/mol. The number of rotatable bonds is 2. The second-order valence-electron chi connectivity index (χ2n) is 3.87. The van der Waals surface area contributed by atoms with Crippen LogP contribution in [0.5, 0.6) is 0 Å². The monoisotopic (exact) mass is 310 g/mol. The van der Waals surface area contributed by atoms with Gasteiger partial charge in [0.2, 0.25) is 5.88 Å². The van der Waals surface area contributed by atoms with E-state index >= 15 is 0 Å². The highest BCUT2D eigenvalue weighted by Gasteiger charge is 2.20. The number of nitrogens with zero attached hydrogens (tertiary/aromatic N) is 1. The molecule has 0 aliphatic rings. The third-order valence-corrected chi connectivity index (χ3v) is 4.10. The van der Waals surface area contributed by atoms with Gasteiger partial charge in [-0.3, -0.25) is 0 Å². The molecule has 1 aromatic carbocycles. The van der Waals surface area contributed by atoms with Crippen LogP contribution in [0.2, 0.25) is 10.0 Å². The molecule has 0 radical (unpaired) electrons. The predicted octanol–water partition coefficient (Wildman–Crippen LogP) is 4.96. The van der Waals surface area contributed by atoms with E-state index in [0.717, 1.165) is 10.4 Å². The minimum Gasteiger partial charge on any atom is -0.367 e. The topological polar surface area (TPSA) is 52.0 Å². The van der Waals surface area contributed by atoms with Gasteiger partial charge in [0.25, 0.3) is 0 Å². The lowest BCUT2D eigenvalue weighted by Crippen LogP contribution is -1.88. The Morgan fingerprint density at radius 2 is 2.05 bits per heavy atom. The zero-order valence-electron chi connectivity index (χ0n) is 9.56. The fourth-order valence-corrected chi connectivity index (χ4v) is 3.05. The molecule has 0 saturated heterocycles. The molecule has 2 aromatic heterocycles. The lowest BCUT2D eigenvalue weighted by atomic mass is 10.0. The van der Waals surface area contributed by atoms with Crippen molar-refractivity contribution < 1.29 is 4.52 Å². The maximum absolute atomic E-state index is 6.22. The van der Waals surface area contributed by atoms with E-state index in [9.17, 15) is 0 Å². The zero-order valence-corrected chi connectivity index (χ0v) is 11.9. The second kappa shape index (κ2) is 4.89. The lowest BCUT2D eigenvalue weighted by molar-refractivity contribution is 0.439. The Morgan fingerprint density at radius 1 is 1.21 bits per heavy atom. The minimum atomic E-state index is 0.243. The summed E-state index contributed by atoms with van der Waals surface area (Å²) in [6.07, 6.45) is 0. The van der Waals surface area contributed by atoms with E-state index in [4.69, 9.17) is 33.5 Å². The first-order valence-corrected chi connectivity index (χ1v) is 7.05. The summed E-state index contributed by atoms with van der Waals surface area (Å²) in [4.78, 5) is 0.974. The van der Waals surface area contributed by atoms with Crippen LogP contribution in [-0.4, -0.2) is 5.16 Å². The number of thiophene rings is 1. The summed E-state index contributed by atoms with van der Waals surface area (Å²) in [5, 5.41) is 7.07. The molecule has 3 nitrogen and oxygen atoms in total. The van der Waals surface area contributed by atoms with Crippen molar-refractivity contribution in [2.24, 2.45) is 0 Å². The van der Waals surface area contributed by atoms with E-state index in [1.807, 2.05) is 23.6 Å². The molecule has 0 atom stereocenters. The summed E-state index contributed by atoms with van der Waals surface area (Å²) in [7, 11) is 0. The average Bonchev–Trinajstić information content (AvgIpc) is 2.99. The van der Waals surface area contributed by atoms with Gasteiger partial charge in [0.1, 0.15) is 5.69 Å². The summed E-state index contributed by atoms with van der Waals surface area (Å²) >= 11 is 13.7. The molecule has 0 bridgehead atoms. The summed E-state index contributed by atoms with van der Waals surface area (Å²) in [5.41, 5.74) is 8.02. The van der Waals surface area contributed by atoms with Gasteiger partial charge in [0, 0.05) is 10.6 Å². The highest BCUT2D eigenvalue weighted by atomic mass is 35.5. The van der Waals surface area contributed by atoms with Gasteiger partial charge in [-0.05, 0) is 23.6 Å². The van der Waals surface area contributed by atoms with Crippen molar-refractivity contribution >= 4 is 40.4 Å². The first-order valence-electron chi connectivity index (χ1n) is 5.41. The second-order valence-corrected chi connectivity index (χ2v) is 5.66. The molecule has 96 valence electrons. The van der Waals surface area contributed by atoms with Crippen molar-refractivity contribution in [1.29, 1.82) is 0 Å². The highest BCUT2D eigenvalue weighted by Crippen LogP contribution is 2.41. The number of nitrogens with two attached hydrogens (primary N) is 1. The Labute approximate surface area is 123 Å². The van der Waals surface area contributed by atoms with E-state index in [0.29, 0.717) is 21.3 Å². The lowest BCUT2D eigenvalue weighted by Gasteiger charge is -2.04. The number of halogens is 2. The number of anilines is 1. The summed E-state index contributed by atoms with van der Waals surface area (Å²) < 4.78 is 5.10. The third-order valence-electron chi connectivity index (χ3n) is 2.67. The predicted molar refractivity (Wildman–Crippen MR) is 79.7 cm³/mol. The number of benzene rings is 1. The van der Waals surface area contributed by atoms with Crippen molar-refractivity contribution in [3.05, 3.63) is 45.8 Å². The zero-order chi connectivity index (χ0) is 13.4. The summed E-state index contributed by atoms with van der Waals surface area (Å²) in [5.74, 6) is 0.243. The Hall–Kier alpha value is -1.49. The third kappa shape index (κ3) is 2.23. The van der Waals surface area contributed by atoms with Crippen LogP contribution >= 0.6 is 34.5 Å². The standard InChI is InChI=1S/C13H8Cl2N2OS/c14-7-3-4-8(9(15)6-7)11-12(17-18-13(11)16)10-2-1-5-19-10/h1-6H,16H2. The van der Waals surface area contributed by atoms with Gasteiger partial charge in [0.15, 0.2) is 0 Å². The normalized spacial score (nSPS) is 10.8. The molecule has 0 amide bonds. The number of aromatic nitrogens is 1. The Balaban J connectivity index is 2.22. The van der Waals surface area contributed by atoms with Crippen molar-refractivity contribution in [2.75, 3.05) is 5.73 Å². The fourth-order valence-electron chi connectivity index (χ4n) is 1.84. The van der Waals surface area contributed by atoms with E-state index in [1.54, 1.807) is 23.5 Å². The molecule has 0 unspecified atom stereocenters. The molecule has 3 aromatic rings. The fraction of sp³-hybridized carbons (Fsp3) is 0. The number of hydrogen-bond donors (Lipinski definition) is 1. The molecule has 0 aliphatic carbocycles. The molecule has 3 rings (SSSR count). The smallest absolute Gasteiger partial charge is 0.230 e. The van der Waals surface area contributed by atoms with Crippen LogP contribution in [0.25, 0.3) is 21.7 Å². The minimum absolute atomic E-state index is 0.243. The van der Waals surface area contributed by atoms with Gasteiger partial charge in [-0.25, -0.2) is 0 Å². The van der Waals surface area contributed by atoms with Crippen LogP contribution in [0.15, 0.2) is 40.2 Å². The highest BCUT2D eigenvalue weighted by molar-refractivity contribution is 7.13. The van der Waals surface area contributed by atoms with E-state index < -0.39 is 0 Å². The molecule has 2 heterocycles. The van der Waals surface area contributed by atoms with Crippen molar-refractivity contribution in [3.8, 4) is 21.7 Å². The number of nitrogen functional groups attached to an aromatic ring is 1. The maximum Gasteiger partial charge on any atom is 0.230 e. The summed E-state index contributed by atoms with van der Waals surface area (Å²) in [6, 6.07) is 9.13. The van der Waals surface area contributed by atoms with Crippen LogP contribution in [0, 0.1) is 0 Å². The molecule has 0 fully saturated rings. The van der Waals surface area contributed by atoms with Crippen molar-refractivity contribution in [1.82, 2.24) is 5.16 Å². The molecular formula is C13H8Cl2N2OS. The Morgan fingerprint density at radius 3 is 2.74 bits per heavy atom. The first kappa shape index (κ1) is 12.5. The molecule has 19 heavy (non-hydrogen) atoms. The van der Waals surface area contributed by atoms with Crippen molar-refractivity contribution in [2.45, 2.75) is 0 Å². The van der Waals surface area contributed by atoms with E-state index in [1.165, 1.54) is 0 Å². The summed E-state index contributed by atoms with van der Waals surface area (Å²) in [6.45, 7) is 0. The van der Waals surface area contributed by atoms with Crippen LogP contribution in [0.3, 0.4) is 0 Å². The van der Waals surface area contributed by atoms with Crippen LogP contribution < -0.4 is 5.73 Å². The van der Waals surface area contributed by atoms with Gasteiger partial charge < -0.3 is 10.3 Å². The largest absolute Gasteiger partial charge is 0.367 e. The van der Waals surface area contributed by atoms with Crippen LogP contribution in [-0.2, 0) is 0 Å². The first-order chi connectivity index (χ1) is 9.16. The van der Waals surface area contributed by atoms with Gasteiger partial charge in [-0.15, -0.1) is 11.3 Å². The molecule has 0 spiro atoms. The van der Waals surface area contributed by atoms with Gasteiger partial charge in [0.05, 0.1) is 15.5 Å². The molecule has 0 saturated carbocycles. The van der Waals surface area contributed by atoms with Crippen LogP contribution in [0.1, 0.15) is 0 Å². The van der Waals surface area contributed by atoms with Gasteiger partial charge in [-0.1, -0.05) is 40.5 Å². The quantitative estimate of drug-likeness (QED) is 0.728. The molecule has 0 aliphatic heterocycles. The molecule has 6 heteroatoms. The van der Waals surface area contributed by atoms with E-state index in [2.05, 4.69) is 5.16 Å². The van der Waals surface area contributed by atoms with Crippen molar-refractivity contribution in [3.63, 3.8) is 0 Å². The average molecular weight is 311 g/mol. The maximum atomic E-state index is 6.22. The van der Waals surface area contributed by atoms with Gasteiger partial charge >= 0.3 is 0 Å². The Bertz CT molecular complexity index is 722.